The second-order valence-electron chi connectivity index (χ2n) is 4.91. The van der Waals surface area contributed by atoms with E-state index < -0.39 is 0 Å². The molecular formula is C11H24N2O2. The van der Waals surface area contributed by atoms with E-state index in [1.54, 1.807) is 0 Å². The van der Waals surface area contributed by atoms with Gasteiger partial charge in [-0.3, -0.25) is 4.84 Å². The standard InChI is InChI=1S/C10H22N2O.CH2O/c1-10(2,3)13-11-9-5-7-12(4)8-6-9;1-2/h9,11H,5-8H2,1-4H3;1H2. The number of likely N-dealkylation sites (tertiary alicyclic amines) is 1. The number of nitrogens with zero attached hydrogens (tertiary/aromatic N) is 1. The number of nitrogens with one attached hydrogen (secondary N) is 1. The van der Waals surface area contributed by atoms with Crippen molar-refractivity contribution in [2.45, 2.75) is 45.3 Å². The van der Waals surface area contributed by atoms with E-state index in [0.717, 1.165) is 0 Å². The van der Waals surface area contributed by atoms with Gasteiger partial charge in [0.25, 0.3) is 0 Å². The number of carbonyl (C=O) groups is 1. The van der Waals surface area contributed by atoms with Crippen LogP contribution < -0.4 is 5.48 Å². The molecule has 1 N–H and O–H groups in total. The lowest BCUT2D eigenvalue weighted by molar-refractivity contribution is -0.0980. The molecule has 0 saturated carbocycles. The van der Waals surface area contributed by atoms with E-state index >= 15 is 0 Å². The van der Waals surface area contributed by atoms with Gasteiger partial charge < -0.3 is 9.69 Å². The fraction of sp³-hybridized carbons (Fsp3) is 0.909. The minimum atomic E-state index is -0.0800. The van der Waals surface area contributed by atoms with Gasteiger partial charge in [-0.2, -0.15) is 5.48 Å². The summed E-state index contributed by atoms with van der Waals surface area (Å²) in [5.74, 6) is 0. The van der Waals surface area contributed by atoms with Crippen LogP contribution in [-0.4, -0.2) is 43.5 Å². The summed E-state index contributed by atoms with van der Waals surface area (Å²) in [5.41, 5.74) is 3.08. The van der Waals surface area contributed by atoms with Crippen molar-refractivity contribution in [2.24, 2.45) is 0 Å². The van der Waals surface area contributed by atoms with E-state index in [0.29, 0.717) is 6.04 Å². The van der Waals surface area contributed by atoms with Crippen molar-refractivity contribution < 1.29 is 9.63 Å². The second kappa shape index (κ2) is 6.93. The maximum atomic E-state index is 8.00. The zero-order valence-corrected chi connectivity index (χ0v) is 10.4. The van der Waals surface area contributed by atoms with Crippen LogP contribution in [-0.2, 0) is 9.63 Å². The highest BCUT2D eigenvalue weighted by Gasteiger charge is 2.19. The van der Waals surface area contributed by atoms with Gasteiger partial charge in [0, 0.05) is 6.04 Å². The molecule has 0 spiro atoms. The fourth-order valence-electron chi connectivity index (χ4n) is 1.39. The van der Waals surface area contributed by atoms with E-state index in [9.17, 15) is 0 Å². The summed E-state index contributed by atoms with van der Waals surface area (Å²) in [7, 11) is 2.17. The first-order valence-corrected chi connectivity index (χ1v) is 5.38. The van der Waals surface area contributed by atoms with Gasteiger partial charge in [-0.05, 0) is 53.8 Å². The highest BCUT2D eigenvalue weighted by molar-refractivity contribution is 5.10. The zero-order valence-electron chi connectivity index (χ0n) is 10.4. The van der Waals surface area contributed by atoms with Crippen molar-refractivity contribution in [3.05, 3.63) is 0 Å². The van der Waals surface area contributed by atoms with Gasteiger partial charge in [-0.25, -0.2) is 0 Å². The normalized spacial score (nSPS) is 19.5. The topological polar surface area (TPSA) is 41.6 Å². The third-order valence-corrected chi connectivity index (χ3v) is 2.25. The second-order valence-corrected chi connectivity index (χ2v) is 4.91. The molecule has 0 aromatic heterocycles. The molecule has 0 unspecified atom stereocenters. The lowest BCUT2D eigenvalue weighted by atomic mass is 10.1. The quantitative estimate of drug-likeness (QED) is 0.705. The molecule has 90 valence electrons. The molecule has 0 aliphatic carbocycles. The molecule has 4 nitrogen and oxygen atoms in total. The Hall–Kier alpha value is -0.450. The maximum Gasteiger partial charge on any atom is 0.106 e. The Morgan fingerprint density at radius 1 is 1.27 bits per heavy atom. The first-order valence-electron chi connectivity index (χ1n) is 5.38. The monoisotopic (exact) mass is 216 g/mol. The third kappa shape index (κ3) is 7.48. The summed E-state index contributed by atoms with van der Waals surface area (Å²) < 4.78 is 0. The maximum absolute atomic E-state index is 8.00. The van der Waals surface area contributed by atoms with Crippen LogP contribution in [0.25, 0.3) is 0 Å². The Bertz CT molecular complexity index is 160. The average Bonchev–Trinajstić information content (AvgIpc) is 2.19. The predicted molar refractivity (Wildman–Crippen MR) is 61.6 cm³/mol. The minimum absolute atomic E-state index is 0.0800. The van der Waals surface area contributed by atoms with Gasteiger partial charge >= 0.3 is 0 Å². The van der Waals surface area contributed by atoms with E-state index in [1.807, 2.05) is 6.79 Å². The largest absolute Gasteiger partial charge is 0.307 e. The number of rotatable bonds is 2. The molecule has 0 aromatic rings. The third-order valence-electron chi connectivity index (χ3n) is 2.25. The van der Waals surface area contributed by atoms with Gasteiger partial charge in [0.15, 0.2) is 0 Å². The molecule has 0 amide bonds. The van der Waals surface area contributed by atoms with Crippen molar-refractivity contribution in [1.82, 2.24) is 10.4 Å². The Morgan fingerprint density at radius 3 is 2.13 bits per heavy atom. The molecule has 1 aliphatic rings. The SMILES string of the molecule is C=O.CN1CCC(NOC(C)(C)C)CC1. The summed E-state index contributed by atoms with van der Waals surface area (Å²) in [5, 5.41) is 0. The molecule has 1 fully saturated rings. The zero-order chi connectivity index (χ0) is 11.9. The molecule has 15 heavy (non-hydrogen) atoms. The van der Waals surface area contributed by atoms with Gasteiger partial charge in [0.05, 0.1) is 5.60 Å². The molecule has 1 aliphatic heterocycles. The van der Waals surface area contributed by atoms with Crippen LogP contribution >= 0.6 is 0 Å². The lowest BCUT2D eigenvalue weighted by Crippen LogP contribution is -2.43. The van der Waals surface area contributed by atoms with E-state index in [4.69, 9.17) is 9.63 Å². The van der Waals surface area contributed by atoms with Gasteiger partial charge in [0.1, 0.15) is 6.79 Å². The number of hydrogen-bond acceptors (Lipinski definition) is 4. The van der Waals surface area contributed by atoms with E-state index in [2.05, 4.69) is 38.2 Å². The molecule has 0 radical (unpaired) electrons. The average molecular weight is 216 g/mol. The summed E-state index contributed by atoms with van der Waals surface area (Å²) in [6.07, 6.45) is 2.37. The fourth-order valence-corrected chi connectivity index (χ4v) is 1.39. The summed E-state index contributed by atoms with van der Waals surface area (Å²) in [6.45, 7) is 10.5. The molecule has 1 saturated heterocycles. The molecule has 0 aromatic carbocycles. The number of carbonyl (C=O) groups excluding carboxylic acids is 1. The van der Waals surface area contributed by atoms with Crippen molar-refractivity contribution in [2.75, 3.05) is 20.1 Å². The Labute approximate surface area is 92.9 Å². The van der Waals surface area contributed by atoms with Crippen LogP contribution in [0.15, 0.2) is 0 Å². The predicted octanol–water partition coefficient (Wildman–Crippen LogP) is 1.22. The molecular weight excluding hydrogens is 192 g/mol. The van der Waals surface area contributed by atoms with E-state index in [-0.39, 0.29) is 5.60 Å². The molecule has 1 heterocycles. The van der Waals surface area contributed by atoms with Crippen molar-refractivity contribution in [3.63, 3.8) is 0 Å². The first-order chi connectivity index (χ1) is 6.97. The van der Waals surface area contributed by atoms with Crippen LogP contribution in [0.1, 0.15) is 33.6 Å². The first kappa shape index (κ1) is 14.6. The molecule has 0 atom stereocenters. The Kier molecular flexibility index (Phi) is 6.72. The van der Waals surface area contributed by atoms with Crippen molar-refractivity contribution >= 4 is 6.79 Å². The minimum Gasteiger partial charge on any atom is -0.307 e. The lowest BCUT2D eigenvalue weighted by Gasteiger charge is -2.31. The van der Waals surface area contributed by atoms with Crippen LogP contribution in [0.2, 0.25) is 0 Å². The highest BCUT2D eigenvalue weighted by Crippen LogP contribution is 2.11. The highest BCUT2D eigenvalue weighted by atomic mass is 16.7. The number of piperidine rings is 1. The van der Waals surface area contributed by atoms with Crippen LogP contribution in [0, 0.1) is 0 Å². The van der Waals surface area contributed by atoms with Crippen LogP contribution in [0.4, 0.5) is 0 Å². The van der Waals surface area contributed by atoms with Gasteiger partial charge in [-0.1, -0.05) is 0 Å². The molecule has 0 bridgehead atoms. The number of hydroxylamine groups is 1. The van der Waals surface area contributed by atoms with Crippen LogP contribution in [0.5, 0.6) is 0 Å². The Balaban J connectivity index is 0.000000921. The van der Waals surface area contributed by atoms with Gasteiger partial charge in [-0.15, -0.1) is 0 Å². The molecule has 1 rings (SSSR count). The van der Waals surface area contributed by atoms with Crippen LogP contribution in [0.3, 0.4) is 0 Å². The summed E-state index contributed by atoms with van der Waals surface area (Å²) in [6, 6.07) is 0.537. The Morgan fingerprint density at radius 2 is 1.73 bits per heavy atom. The number of hydrogen-bond donors (Lipinski definition) is 1. The van der Waals surface area contributed by atoms with Crippen molar-refractivity contribution in [3.8, 4) is 0 Å². The summed E-state index contributed by atoms with van der Waals surface area (Å²) in [4.78, 5) is 15.9. The van der Waals surface area contributed by atoms with E-state index in [1.165, 1.54) is 25.9 Å². The smallest absolute Gasteiger partial charge is 0.106 e. The van der Waals surface area contributed by atoms with Crippen molar-refractivity contribution in [1.29, 1.82) is 0 Å². The van der Waals surface area contributed by atoms with Gasteiger partial charge in [0.2, 0.25) is 0 Å². The molecule has 4 heteroatoms. The summed E-state index contributed by atoms with van der Waals surface area (Å²) >= 11 is 0.